The van der Waals surface area contributed by atoms with Gasteiger partial charge < -0.3 is 5.32 Å². The molecule has 3 rings (SSSR count). The Kier molecular flexibility index (Phi) is 4.76. The fourth-order valence-electron chi connectivity index (χ4n) is 3.50. The van der Waals surface area contributed by atoms with Gasteiger partial charge in [0.2, 0.25) is 11.6 Å². The zero-order valence-electron chi connectivity index (χ0n) is 16.1. The molecule has 27 heavy (non-hydrogen) atoms. The number of fused-ring (bicyclic) bond motifs is 1. The second-order valence-corrected chi connectivity index (χ2v) is 7.91. The zero-order chi connectivity index (χ0) is 19.8. The third-order valence-electron chi connectivity index (χ3n) is 4.93. The fraction of sp³-hybridized carbons (Fsp3) is 0.250. The highest BCUT2D eigenvalue weighted by atomic mass is 16.2. The van der Waals surface area contributed by atoms with Crippen molar-refractivity contribution >= 4 is 22.8 Å². The van der Waals surface area contributed by atoms with E-state index in [0.717, 1.165) is 22.4 Å². The lowest BCUT2D eigenvalue weighted by molar-refractivity contribution is -0.112. The first-order valence-electron chi connectivity index (χ1n) is 8.96. The van der Waals surface area contributed by atoms with Crippen molar-refractivity contribution in [2.24, 2.45) is 5.41 Å². The Hall–Kier alpha value is -3.12. The average molecular weight is 357 g/mol. The molecule has 3 heteroatoms. The molecule has 1 aliphatic carbocycles. The highest BCUT2D eigenvalue weighted by molar-refractivity contribution is 6.52. The van der Waals surface area contributed by atoms with Gasteiger partial charge in [-0.15, -0.1) is 6.42 Å². The second kappa shape index (κ2) is 6.89. The Morgan fingerprint density at radius 3 is 2.26 bits per heavy atom. The molecule has 1 atom stereocenters. The van der Waals surface area contributed by atoms with Crippen LogP contribution in [-0.4, -0.2) is 17.6 Å². The molecule has 0 amide bonds. The van der Waals surface area contributed by atoms with E-state index >= 15 is 0 Å². The predicted octanol–water partition coefficient (Wildman–Crippen LogP) is 4.73. The topological polar surface area (TPSA) is 46.2 Å². The Morgan fingerprint density at radius 1 is 0.963 bits per heavy atom. The summed E-state index contributed by atoms with van der Waals surface area (Å²) >= 11 is 0. The van der Waals surface area contributed by atoms with Crippen LogP contribution in [0.15, 0.2) is 54.1 Å². The highest BCUT2D eigenvalue weighted by Gasteiger charge is 2.39. The maximum absolute atomic E-state index is 13.0. The van der Waals surface area contributed by atoms with Crippen LogP contribution in [0.3, 0.4) is 0 Å². The number of hydrogen-bond donors (Lipinski definition) is 1. The van der Waals surface area contributed by atoms with E-state index in [2.05, 4.69) is 11.2 Å². The molecular formula is C24H23NO2. The number of anilines is 1. The van der Waals surface area contributed by atoms with E-state index in [4.69, 9.17) is 6.42 Å². The number of ketones is 2. The standard InChI is InChI=1S/C24H23NO2/c1-6-16-10-9-11-17(14-16)25-23(24(3,4)5)20-15(2)18-12-7-8-13-19(18)21(26)22(20)27/h1,7-14,23,25H,2-5H3. The number of terminal acetylenes is 1. The largest absolute Gasteiger partial charge is 0.378 e. The normalized spacial score (nSPS) is 15.2. The molecular weight excluding hydrogens is 334 g/mol. The molecule has 2 aromatic carbocycles. The summed E-state index contributed by atoms with van der Waals surface area (Å²) in [6, 6.07) is 14.5. The minimum absolute atomic E-state index is 0.301. The van der Waals surface area contributed by atoms with Crippen LogP contribution in [0, 0.1) is 17.8 Å². The van der Waals surface area contributed by atoms with Crippen molar-refractivity contribution in [1.29, 1.82) is 0 Å². The van der Waals surface area contributed by atoms with Gasteiger partial charge in [0.15, 0.2) is 0 Å². The number of rotatable bonds is 3. The smallest absolute Gasteiger partial charge is 0.233 e. The van der Waals surface area contributed by atoms with Crippen LogP contribution in [0.2, 0.25) is 0 Å². The lowest BCUT2D eigenvalue weighted by Gasteiger charge is -2.36. The number of hydrogen-bond acceptors (Lipinski definition) is 3. The molecule has 0 bridgehead atoms. The first-order valence-corrected chi connectivity index (χ1v) is 8.96. The van der Waals surface area contributed by atoms with Gasteiger partial charge in [0.25, 0.3) is 0 Å². The number of Topliss-reactive ketones (excluding diaryl/α,β-unsaturated/α-hetero) is 2. The predicted molar refractivity (Wildman–Crippen MR) is 110 cm³/mol. The van der Waals surface area contributed by atoms with Crippen molar-refractivity contribution in [3.05, 3.63) is 70.8 Å². The van der Waals surface area contributed by atoms with Gasteiger partial charge in [-0.1, -0.05) is 57.0 Å². The summed E-state index contributed by atoms with van der Waals surface area (Å²) < 4.78 is 0. The summed E-state index contributed by atoms with van der Waals surface area (Å²) in [4.78, 5) is 25.7. The van der Waals surface area contributed by atoms with Gasteiger partial charge in [0, 0.05) is 22.4 Å². The van der Waals surface area contributed by atoms with Gasteiger partial charge in [-0.25, -0.2) is 0 Å². The number of allylic oxidation sites excluding steroid dienone is 1. The first kappa shape index (κ1) is 18.7. The van der Waals surface area contributed by atoms with Crippen molar-refractivity contribution in [2.45, 2.75) is 33.7 Å². The lowest BCUT2D eigenvalue weighted by Crippen LogP contribution is -2.42. The van der Waals surface area contributed by atoms with E-state index in [0.29, 0.717) is 11.1 Å². The van der Waals surface area contributed by atoms with Crippen molar-refractivity contribution in [3.63, 3.8) is 0 Å². The molecule has 1 unspecified atom stereocenters. The van der Waals surface area contributed by atoms with Gasteiger partial charge in [-0.3, -0.25) is 9.59 Å². The second-order valence-electron chi connectivity index (χ2n) is 7.91. The molecule has 3 nitrogen and oxygen atoms in total. The molecule has 0 radical (unpaired) electrons. The van der Waals surface area contributed by atoms with Crippen LogP contribution in [0.4, 0.5) is 5.69 Å². The highest BCUT2D eigenvalue weighted by Crippen LogP contribution is 2.37. The zero-order valence-corrected chi connectivity index (χ0v) is 16.1. The number of carbonyl (C=O) groups excluding carboxylic acids is 2. The molecule has 0 fully saturated rings. The van der Waals surface area contributed by atoms with Gasteiger partial charge >= 0.3 is 0 Å². The Labute approximate surface area is 160 Å². The Bertz CT molecular complexity index is 1000. The summed E-state index contributed by atoms with van der Waals surface area (Å²) in [6.45, 7) is 8.06. The van der Waals surface area contributed by atoms with Gasteiger partial charge in [-0.05, 0) is 41.7 Å². The molecule has 0 saturated carbocycles. The summed E-state index contributed by atoms with van der Waals surface area (Å²) in [5, 5.41) is 3.45. The fourth-order valence-corrected chi connectivity index (χ4v) is 3.50. The average Bonchev–Trinajstić information content (AvgIpc) is 2.65. The van der Waals surface area contributed by atoms with Crippen LogP contribution in [0.5, 0.6) is 0 Å². The summed E-state index contributed by atoms with van der Waals surface area (Å²) in [5.74, 6) is 1.74. The lowest BCUT2D eigenvalue weighted by atomic mass is 9.73. The Balaban J connectivity index is 2.14. The van der Waals surface area contributed by atoms with Crippen LogP contribution < -0.4 is 5.32 Å². The maximum atomic E-state index is 13.0. The molecule has 0 heterocycles. The van der Waals surface area contributed by atoms with Gasteiger partial charge in [0.05, 0.1) is 6.04 Å². The number of carbonyl (C=O) groups is 2. The molecule has 1 aliphatic rings. The van der Waals surface area contributed by atoms with Crippen LogP contribution >= 0.6 is 0 Å². The summed E-state index contributed by atoms with van der Waals surface area (Å²) in [6.07, 6.45) is 5.51. The van der Waals surface area contributed by atoms with E-state index in [-0.39, 0.29) is 11.5 Å². The van der Waals surface area contributed by atoms with Crippen LogP contribution in [0.25, 0.3) is 5.57 Å². The minimum atomic E-state index is -0.445. The van der Waals surface area contributed by atoms with E-state index < -0.39 is 11.6 Å². The third kappa shape index (κ3) is 3.44. The molecule has 0 saturated heterocycles. The molecule has 0 spiro atoms. The molecule has 136 valence electrons. The van der Waals surface area contributed by atoms with E-state index in [1.165, 1.54) is 0 Å². The summed E-state index contributed by atoms with van der Waals surface area (Å²) in [5.41, 5.74) is 3.95. The third-order valence-corrected chi connectivity index (χ3v) is 4.93. The van der Waals surface area contributed by atoms with Crippen LogP contribution in [-0.2, 0) is 4.79 Å². The molecule has 0 aromatic heterocycles. The molecule has 0 aliphatic heterocycles. The van der Waals surface area contributed by atoms with E-state index in [1.807, 2.05) is 64.1 Å². The maximum Gasteiger partial charge on any atom is 0.233 e. The first-order chi connectivity index (χ1) is 12.7. The summed E-state index contributed by atoms with van der Waals surface area (Å²) in [7, 11) is 0. The minimum Gasteiger partial charge on any atom is -0.378 e. The monoisotopic (exact) mass is 357 g/mol. The molecule has 2 aromatic rings. The number of benzene rings is 2. The van der Waals surface area contributed by atoms with Crippen molar-refractivity contribution < 1.29 is 9.59 Å². The number of nitrogens with one attached hydrogen (secondary N) is 1. The van der Waals surface area contributed by atoms with Crippen molar-refractivity contribution in [3.8, 4) is 12.3 Å². The van der Waals surface area contributed by atoms with Crippen molar-refractivity contribution in [2.75, 3.05) is 5.32 Å². The van der Waals surface area contributed by atoms with Crippen LogP contribution in [0.1, 0.15) is 49.2 Å². The quantitative estimate of drug-likeness (QED) is 0.638. The van der Waals surface area contributed by atoms with E-state index in [1.54, 1.807) is 12.1 Å². The van der Waals surface area contributed by atoms with Gasteiger partial charge in [0.1, 0.15) is 0 Å². The van der Waals surface area contributed by atoms with Gasteiger partial charge in [-0.2, -0.15) is 0 Å². The van der Waals surface area contributed by atoms with E-state index in [9.17, 15) is 9.59 Å². The SMILES string of the molecule is C#Cc1cccc(NC(C2=C(C)c3ccccc3C(=O)C2=O)C(C)(C)C)c1. The Morgan fingerprint density at radius 2 is 1.63 bits per heavy atom. The van der Waals surface area contributed by atoms with Crippen molar-refractivity contribution in [1.82, 2.24) is 0 Å². The molecule has 1 N–H and O–H groups in total.